The van der Waals surface area contributed by atoms with Crippen molar-refractivity contribution >= 4 is 0 Å². The normalized spacial score (nSPS) is 24.1. The Bertz CT molecular complexity index is 303. The molecule has 72 valence electrons. The van der Waals surface area contributed by atoms with E-state index in [0.29, 0.717) is 6.04 Å². The van der Waals surface area contributed by atoms with Gasteiger partial charge in [-0.15, -0.1) is 0 Å². The zero-order valence-corrected chi connectivity index (χ0v) is 8.62. The molecule has 0 aromatic carbocycles. The van der Waals surface area contributed by atoms with Crippen LogP contribution in [0, 0.1) is 6.92 Å². The minimum atomic E-state index is 0.598. The molecule has 0 unspecified atom stereocenters. The van der Waals surface area contributed by atoms with Gasteiger partial charge in [-0.1, -0.05) is 0 Å². The van der Waals surface area contributed by atoms with Crippen molar-refractivity contribution in [1.29, 1.82) is 0 Å². The summed E-state index contributed by atoms with van der Waals surface area (Å²) >= 11 is 0. The maximum atomic E-state index is 4.49. The Hall–Kier alpha value is -0.830. The lowest BCUT2D eigenvalue weighted by molar-refractivity contribution is 0.249. The van der Waals surface area contributed by atoms with Crippen LogP contribution in [0.25, 0.3) is 0 Å². The lowest BCUT2D eigenvalue weighted by Crippen LogP contribution is -2.31. The van der Waals surface area contributed by atoms with Crippen LogP contribution in [0.1, 0.15) is 18.3 Å². The predicted octanol–water partition coefficient (Wildman–Crippen LogP) is 1.07. The van der Waals surface area contributed by atoms with Gasteiger partial charge in [-0.05, 0) is 27.0 Å². The highest BCUT2D eigenvalue weighted by Crippen LogP contribution is 2.12. The van der Waals surface area contributed by atoms with Gasteiger partial charge in [0, 0.05) is 24.7 Å². The number of aryl methyl sites for hydroxylation is 1. The quantitative estimate of drug-likeness (QED) is 0.594. The summed E-state index contributed by atoms with van der Waals surface area (Å²) in [5.74, 6) is 0. The van der Waals surface area contributed by atoms with Crippen molar-refractivity contribution in [2.75, 3.05) is 13.6 Å². The molecule has 3 nitrogen and oxygen atoms in total. The second kappa shape index (κ2) is 3.14. The Morgan fingerprint density at radius 3 is 3.08 bits per heavy atom. The highest BCUT2D eigenvalue weighted by molar-refractivity contribution is 5.10. The molecule has 0 aliphatic carbocycles. The molecule has 0 saturated carbocycles. The van der Waals surface area contributed by atoms with E-state index in [9.17, 15) is 0 Å². The number of aromatic nitrogens is 2. The van der Waals surface area contributed by atoms with Crippen LogP contribution in [-0.4, -0.2) is 34.3 Å². The van der Waals surface area contributed by atoms with Gasteiger partial charge in [0.05, 0.1) is 12.2 Å². The van der Waals surface area contributed by atoms with E-state index in [1.165, 1.54) is 5.69 Å². The fourth-order valence-electron chi connectivity index (χ4n) is 1.86. The van der Waals surface area contributed by atoms with Gasteiger partial charge in [-0.25, -0.2) is 0 Å². The van der Waals surface area contributed by atoms with E-state index in [-0.39, 0.29) is 0 Å². The molecule has 0 amide bonds. The maximum absolute atomic E-state index is 4.49. The van der Waals surface area contributed by atoms with Crippen LogP contribution in [0.3, 0.4) is 0 Å². The van der Waals surface area contributed by atoms with Gasteiger partial charge in [0.25, 0.3) is 0 Å². The minimum absolute atomic E-state index is 0.598. The smallest absolute Gasteiger partial charge is 0.0596 e. The van der Waals surface area contributed by atoms with Crippen molar-refractivity contribution < 1.29 is 0 Å². The van der Waals surface area contributed by atoms with Crippen molar-refractivity contribution in [3.63, 3.8) is 0 Å². The summed E-state index contributed by atoms with van der Waals surface area (Å²) in [4.78, 5) is 2.39. The van der Waals surface area contributed by atoms with E-state index in [1.54, 1.807) is 0 Å². The fraction of sp³-hybridized carbons (Fsp3) is 0.700. The van der Waals surface area contributed by atoms with E-state index >= 15 is 0 Å². The Morgan fingerprint density at radius 2 is 2.31 bits per heavy atom. The summed E-state index contributed by atoms with van der Waals surface area (Å²) in [6.45, 7) is 6.49. The van der Waals surface area contributed by atoms with Crippen molar-refractivity contribution in [3.8, 4) is 0 Å². The second-order valence-electron chi connectivity index (χ2n) is 4.04. The fourth-order valence-corrected chi connectivity index (χ4v) is 1.86. The lowest BCUT2D eigenvalue weighted by Gasteiger charge is -2.20. The van der Waals surface area contributed by atoms with E-state index in [1.807, 2.05) is 0 Å². The zero-order chi connectivity index (χ0) is 9.42. The van der Waals surface area contributed by atoms with Crippen molar-refractivity contribution in [3.05, 3.63) is 17.5 Å². The molecule has 0 spiro atoms. The van der Waals surface area contributed by atoms with Gasteiger partial charge in [0.15, 0.2) is 0 Å². The number of hydrogen-bond acceptors (Lipinski definition) is 2. The largest absolute Gasteiger partial charge is 0.301 e. The number of likely N-dealkylation sites (N-methyl/N-ethyl adjacent to an activating group) is 1. The first kappa shape index (κ1) is 8.75. The monoisotopic (exact) mass is 179 g/mol. The molecule has 0 N–H and O–H groups in total. The minimum Gasteiger partial charge on any atom is -0.301 e. The van der Waals surface area contributed by atoms with Crippen LogP contribution in [0.4, 0.5) is 0 Å². The molecule has 1 aromatic heterocycles. The van der Waals surface area contributed by atoms with Crippen LogP contribution in [0.2, 0.25) is 0 Å². The average Bonchev–Trinajstić information content (AvgIpc) is 2.36. The van der Waals surface area contributed by atoms with Gasteiger partial charge >= 0.3 is 0 Å². The molecule has 1 aliphatic rings. The second-order valence-corrected chi connectivity index (χ2v) is 4.04. The summed E-state index contributed by atoms with van der Waals surface area (Å²) in [5.41, 5.74) is 2.53. The summed E-state index contributed by atoms with van der Waals surface area (Å²) in [6.07, 6.45) is 1.13. The van der Waals surface area contributed by atoms with Crippen LogP contribution < -0.4 is 0 Å². The van der Waals surface area contributed by atoms with Crippen LogP contribution >= 0.6 is 0 Å². The highest BCUT2D eigenvalue weighted by atomic mass is 15.3. The molecular formula is C10H17N3. The van der Waals surface area contributed by atoms with Gasteiger partial charge in [-0.2, -0.15) is 5.10 Å². The Labute approximate surface area is 79.3 Å². The first-order chi connectivity index (χ1) is 6.16. The lowest BCUT2D eigenvalue weighted by atomic mass is 10.3. The van der Waals surface area contributed by atoms with E-state index < -0.39 is 0 Å². The number of nitrogens with zero attached hydrogens (tertiary/aromatic N) is 3. The molecule has 2 rings (SSSR count). The van der Waals surface area contributed by atoms with Crippen molar-refractivity contribution in [2.24, 2.45) is 0 Å². The van der Waals surface area contributed by atoms with Crippen LogP contribution in [0.5, 0.6) is 0 Å². The van der Waals surface area contributed by atoms with Gasteiger partial charge < -0.3 is 4.90 Å². The third-order valence-electron chi connectivity index (χ3n) is 2.90. The molecule has 1 aliphatic heterocycles. The first-order valence-electron chi connectivity index (χ1n) is 4.90. The third-order valence-corrected chi connectivity index (χ3v) is 2.90. The molecule has 1 aromatic rings. The molecular weight excluding hydrogens is 162 g/mol. The zero-order valence-electron chi connectivity index (χ0n) is 8.62. The third kappa shape index (κ3) is 1.61. The summed E-state index contributed by atoms with van der Waals surface area (Å²) in [6, 6.07) is 2.80. The molecule has 2 heterocycles. The predicted molar refractivity (Wildman–Crippen MR) is 52.8 cm³/mol. The molecule has 0 radical (unpaired) electrons. The SMILES string of the molecule is Cc1cc2n(n1)C[C@@H](C)N(C)CC2. The van der Waals surface area contributed by atoms with Gasteiger partial charge in [-0.3, -0.25) is 4.68 Å². The Balaban J connectivity index is 2.28. The number of rotatable bonds is 0. The first-order valence-corrected chi connectivity index (χ1v) is 4.90. The summed E-state index contributed by atoms with van der Waals surface area (Å²) < 4.78 is 2.16. The highest BCUT2D eigenvalue weighted by Gasteiger charge is 2.17. The molecule has 13 heavy (non-hydrogen) atoms. The average molecular weight is 179 g/mol. The van der Waals surface area contributed by atoms with Crippen molar-refractivity contribution in [1.82, 2.24) is 14.7 Å². The standard InChI is InChI=1S/C10H17N3/c1-8-6-10-4-5-12(3)9(2)7-13(10)11-8/h6,9H,4-5,7H2,1-3H3/t9-/m1/s1. The van der Waals surface area contributed by atoms with E-state index in [4.69, 9.17) is 0 Å². The molecule has 0 fully saturated rings. The topological polar surface area (TPSA) is 21.1 Å². The summed E-state index contributed by atoms with van der Waals surface area (Å²) in [7, 11) is 2.18. The molecule has 1 atom stereocenters. The van der Waals surface area contributed by atoms with Gasteiger partial charge in [0.2, 0.25) is 0 Å². The van der Waals surface area contributed by atoms with E-state index in [2.05, 4.69) is 41.6 Å². The molecule has 3 heteroatoms. The summed E-state index contributed by atoms with van der Waals surface area (Å²) in [5, 5.41) is 4.49. The Morgan fingerprint density at radius 1 is 1.54 bits per heavy atom. The number of hydrogen-bond donors (Lipinski definition) is 0. The van der Waals surface area contributed by atoms with E-state index in [0.717, 1.165) is 25.2 Å². The van der Waals surface area contributed by atoms with Crippen LogP contribution in [-0.2, 0) is 13.0 Å². The Kier molecular flexibility index (Phi) is 2.12. The molecule has 0 bridgehead atoms. The van der Waals surface area contributed by atoms with Crippen LogP contribution in [0.15, 0.2) is 6.07 Å². The maximum Gasteiger partial charge on any atom is 0.0596 e. The molecule has 0 saturated heterocycles. The number of fused-ring (bicyclic) bond motifs is 1. The van der Waals surface area contributed by atoms with Crippen molar-refractivity contribution in [2.45, 2.75) is 32.9 Å². The van der Waals surface area contributed by atoms with Gasteiger partial charge in [0.1, 0.15) is 0 Å².